The van der Waals surface area contributed by atoms with E-state index in [1.165, 1.54) is 37.8 Å². The molecular formula is C18H28N8O. The second kappa shape index (κ2) is 8.16. The topological polar surface area (TPSA) is 93.8 Å². The Labute approximate surface area is 159 Å². The average Bonchev–Trinajstić information content (AvgIpc) is 3.30. The molecule has 2 aromatic heterocycles. The molecule has 0 radical (unpaired) electrons. The number of amides is 1. The van der Waals surface area contributed by atoms with Gasteiger partial charge in [-0.05, 0) is 36.3 Å². The summed E-state index contributed by atoms with van der Waals surface area (Å²) in [6, 6.07) is 2.88. The molecule has 2 aliphatic rings. The lowest BCUT2D eigenvalue weighted by Gasteiger charge is -2.36. The Morgan fingerprint density at radius 3 is 2.89 bits per heavy atom. The average molecular weight is 372 g/mol. The van der Waals surface area contributed by atoms with Crippen LogP contribution in [0.3, 0.4) is 0 Å². The molecule has 9 heteroatoms. The van der Waals surface area contributed by atoms with Gasteiger partial charge in [-0.25, -0.2) is 4.68 Å². The normalized spacial score (nSPS) is 18.4. The molecule has 0 spiro atoms. The Bertz CT molecular complexity index is 776. The third kappa shape index (κ3) is 4.35. The minimum Gasteiger partial charge on any atom is -0.350 e. The molecule has 1 aliphatic heterocycles. The van der Waals surface area contributed by atoms with Gasteiger partial charge in [0.05, 0.1) is 31.0 Å². The number of carbonyl (C=O) groups is 1. The summed E-state index contributed by atoms with van der Waals surface area (Å²) >= 11 is 0. The summed E-state index contributed by atoms with van der Waals surface area (Å²) in [5.41, 5.74) is 2.20. The summed E-state index contributed by atoms with van der Waals surface area (Å²) in [6.45, 7) is 5.78. The van der Waals surface area contributed by atoms with Gasteiger partial charge in [0.2, 0.25) is 5.91 Å². The van der Waals surface area contributed by atoms with Crippen LogP contribution in [0.1, 0.15) is 55.7 Å². The number of hydrogen-bond donors (Lipinski definition) is 1. The van der Waals surface area contributed by atoms with Gasteiger partial charge in [-0.3, -0.25) is 14.4 Å². The van der Waals surface area contributed by atoms with E-state index >= 15 is 0 Å². The molecule has 1 amide bonds. The first kappa shape index (κ1) is 18.1. The van der Waals surface area contributed by atoms with E-state index in [1.54, 1.807) is 4.68 Å². The van der Waals surface area contributed by atoms with Gasteiger partial charge < -0.3 is 5.32 Å². The first-order valence-corrected chi connectivity index (χ1v) is 9.98. The number of aromatic nitrogens is 6. The molecule has 0 aromatic carbocycles. The minimum absolute atomic E-state index is 0.0142. The number of nitrogens with zero attached hydrogens (tertiary/aromatic N) is 7. The predicted octanol–water partition coefficient (Wildman–Crippen LogP) is 1.03. The van der Waals surface area contributed by atoms with Crippen LogP contribution in [-0.4, -0.2) is 53.4 Å². The van der Waals surface area contributed by atoms with Crippen molar-refractivity contribution in [3.63, 3.8) is 0 Å². The van der Waals surface area contributed by atoms with Gasteiger partial charge in [-0.1, -0.05) is 19.3 Å². The zero-order chi connectivity index (χ0) is 18.6. The van der Waals surface area contributed by atoms with Crippen molar-refractivity contribution in [1.29, 1.82) is 0 Å². The molecule has 9 nitrogen and oxygen atoms in total. The summed E-state index contributed by atoms with van der Waals surface area (Å²) in [6.07, 6.45) is 7.13. The van der Waals surface area contributed by atoms with Crippen molar-refractivity contribution in [1.82, 2.24) is 40.2 Å². The number of hydrogen-bond acceptors (Lipinski definition) is 6. The summed E-state index contributed by atoms with van der Waals surface area (Å²) in [5, 5.41) is 18.9. The second-order valence-corrected chi connectivity index (χ2v) is 7.59. The number of rotatable bonds is 6. The molecule has 4 rings (SSSR count). The van der Waals surface area contributed by atoms with Crippen LogP contribution in [0, 0.1) is 6.92 Å². The van der Waals surface area contributed by atoms with Gasteiger partial charge in [0.1, 0.15) is 5.82 Å². The highest BCUT2D eigenvalue weighted by Gasteiger charge is 2.25. The minimum atomic E-state index is -0.0142. The fraction of sp³-hybridized carbons (Fsp3) is 0.722. The van der Waals surface area contributed by atoms with Crippen molar-refractivity contribution in [2.75, 3.05) is 6.54 Å². The van der Waals surface area contributed by atoms with E-state index in [9.17, 15) is 4.79 Å². The first-order chi connectivity index (χ1) is 13.2. The third-order valence-electron chi connectivity index (χ3n) is 5.70. The molecule has 0 saturated heterocycles. The van der Waals surface area contributed by atoms with Crippen LogP contribution in [0.5, 0.6) is 0 Å². The Hall–Kier alpha value is -2.29. The van der Waals surface area contributed by atoms with Crippen LogP contribution >= 0.6 is 0 Å². The fourth-order valence-corrected chi connectivity index (χ4v) is 4.13. The third-order valence-corrected chi connectivity index (χ3v) is 5.70. The van der Waals surface area contributed by atoms with E-state index in [0.717, 1.165) is 31.4 Å². The Kier molecular flexibility index (Phi) is 5.47. The zero-order valence-corrected chi connectivity index (χ0v) is 16.0. The Morgan fingerprint density at radius 2 is 2.11 bits per heavy atom. The van der Waals surface area contributed by atoms with E-state index in [1.807, 2.05) is 6.92 Å². The zero-order valence-electron chi connectivity index (χ0n) is 16.0. The van der Waals surface area contributed by atoms with Crippen molar-refractivity contribution in [3.8, 4) is 0 Å². The highest BCUT2D eigenvalue weighted by Crippen LogP contribution is 2.26. The van der Waals surface area contributed by atoms with E-state index in [2.05, 4.69) is 41.6 Å². The van der Waals surface area contributed by atoms with Crippen molar-refractivity contribution in [2.24, 2.45) is 0 Å². The van der Waals surface area contributed by atoms with E-state index < -0.39 is 0 Å². The van der Waals surface area contributed by atoms with Gasteiger partial charge in [0.15, 0.2) is 0 Å². The molecule has 27 heavy (non-hydrogen) atoms. The summed E-state index contributed by atoms with van der Waals surface area (Å²) < 4.78 is 3.74. The van der Waals surface area contributed by atoms with Crippen LogP contribution in [-0.2, 0) is 31.0 Å². The van der Waals surface area contributed by atoms with E-state index in [-0.39, 0.29) is 5.91 Å². The molecule has 3 heterocycles. The lowest BCUT2D eigenvalue weighted by atomic mass is 9.94. The number of carbonyl (C=O) groups excluding carboxylic acids is 1. The quantitative estimate of drug-likeness (QED) is 0.814. The van der Waals surface area contributed by atoms with Crippen molar-refractivity contribution < 1.29 is 4.79 Å². The van der Waals surface area contributed by atoms with Crippen molar-refractivity contribution in [3.05, 3.63) is 23.3 Å². The van der Waals surface area contributed by atoms with Crippen molar-refractivity contribution >= 4 is 5.91 Å². The van der Waals surface area contributed by atoms with E-state index in [4.69, 9.17) is 0 Å². The fourth-order valence-electron chi connectivity index (χ4n) is 4.13. The summed E-state index contributed by atoms with van der Waals surface area (Å²) in [4.78, 5) is 14.7. The molecule has 1 fully saturated rings. The maximum Gasteiger partial charge on any atom is 0.222 e. The number of tetrazole rings is 1. The van der Waals surface area contributed by atoms with Crippen LogP contribution < -0.4 is 5.32 Å². The van der Waals surface area contributed by atoms with Gasteiger partial charge in [0.25, 0.3) is 0 Å². The molecule has 0 unspecified atom stereocenters. The largest absolute Gasteiger partial charge is 0.350 e. The molecule has 0 atom stereocenters. The molecule has 1 aliphatic carbocycles. The monoisotopic (exact) mass is 372 g/mol. The van der Waals surface area contributed by atoms with Crippen molar-refractivity contribution in [2.45, 2.75) is 77.7 Å². The van der Waals surface area contributed by atoms with Gasteiger partial charge in [-0.15, -0.1) is 5.10 Å². The summed E-state index contributed by atoms with van der Waals surface area (Å²) in [5.74, 6) is 0.701. The van der Waals surface area contributed by atoms with Gasteiger partial charge in [-0.2, -0.15) is 5.10 Å². The standard InChI is InChI=1S/C18H28N8O/c1-14-20-22-23-25(14)8-7-18(27)19-12-15-11-17-13-24(9-10-26(17)21-15)16-5-3-2-4-6-16/h11,16H,2-10,12-13H2,1H3,(H,19,27). The van der Waals surface area contributed by atoms with E-state index in [0.29, 0.717) is 25.3 Å². The first-order valence-electron chi connectivity index (χ1n) is 9.98. The SMILES string of the molecule is Cc1nnnn1CCC(=O)NCc1cc2n(n1)CCN(C1CCCCC1)C2. The number of nitrogens with one attached hydrogen (secondary N) is 1. The predicted molar refractivity (Wildman–Crippen MR) is 98.5 cm³/mol. The Balaban J connectivity index is 1.26. The van der Waals surface area contributed by atoms with Gasteiger partial charge in [0, 0.05) is 25.6 Å². The molecule has 146 valence electrons. The van der Waals surface area contributed by atoms with Crippen LogP contribution in [0.15, 0.2) is 6.07 Å². The maximum absolute atomic E-state index is 12.1. The number of aryl methyl sites for hydroxylation is 2. The van der Waals surface area contributed by atoms with Crippen LogP contribution in [0.25, 0.3) is 0 Å². The molecule has 1 N–H and O–H groups in total. The lowest BCUT2D eigenvalue weighted by molar-refractivity contribution is -0.121. The lowest BCUT2D eigenvalue weighted by Crippen LogP contribution is -2.42. The molecule has 0 bridgehead atoms. The number of fused-ring (bicyclic) bond motifs is 1. The highest BCUT2D eigenvalue weighted by atomic mass is 16.1. The smallest absolute Gasteiger partial charge is 0.222 e. The second-order valence-electron chi connectivity index (χ2n) is 7.59. The van der Waals surface area contributed by atoms with Crippen LogP contribution in [0.2, 0.25) is 0 Å². The van der Waals surface area contributed by atoms with Crippen LogP contribution in [0.4, 0.5) is 0 Å². The highest BCUT2D eigenvalue weighted by molar-refractivity contribution is 5.75. The molecular weight excluding hydrogens is 344 g/mol. The molecule has 1 saturated carbocycles. The maximum atomic E-state index is 12.1. The summed E-state index contributed by atoms with van der Waals surface area (Å²) in [7, 11) is 0. The Morgan fingerprint density at radius 1 is 1.26 bits per heavy atom. The molecule has 2 aromatic rings. The van der Waals surface area contributed by atoms with Gasteiger partial charge >= 0.3 is 0 Å².